The number of fused-ring (bicyclic) bond motifs is 3. The SMILES string of the molecule is CN(c1ccccc1F)c1c(-c2ccc3c(c2)C(C)(C)c2ccccc2-3)ccc(-c2ccccc2)c1F. The van der Waals surface area contributed by atoms with E-state index in [1.54, 1.807) is 30.1 Å². The highest BCUT2D eigenvalue weighted by Gasteiger charge is 2.35. The largest absolute Gasteiger partial charge is 0.339 e. The maximum atomic E-state index is 16.4. The fourth-order valence-corrected chi connectivity index (χ4v) is 5.68. The molecule has 3 heteroatoms. The number of benzene rings is 5. The molecule has 37 heavy (non-hydrogen) atoms. The summed E-state index contributed by atoms with van der Waals surface area (Å²) in [4.78, 5) is 1.62. The Morgan fingerprint density at radius 3 is 1.97 bits per heavy atom. The van der Waals surface area contributed by atoms with Crippen LogP contribution in [0.3, 0.4) is 0 Å². The van der Waals surface area contributed by atoms with E-state index in [9.17, 15) is 4.39 Å². The van der Waals surface area contributed by atoms with Gasteiger partial charge in [-0.25, -0.2) is 8.78 Å². The van der Waals surface area contributed by atoms with Crippen LogP contribution in [0.1, 0.15) is 25.0 Å². The number of halogens is 2. The topological polar surface area (TPSA) is 3.24 Å². The van der Waals surface area contributed by atoms with Crippen molar-refractivity contribution in [2.75, 3.05) is 11.9 Å². The number of hydrogen-bond acceptors (Lipinski definition) is 1. The van der Waals surface area contributed by atoms with E-state index in [0.717, 1.165) is 16.7 Å². The number of para-hydroxylation sites is 1. The number of anilines is 2. The summed E-state index contributed by atoms with van der Waals surface area (Å²) in [6, 6.07) is 34.6. The third-order valence-electron chi connectivity index (χ3n) is 7.64. The Bertz CT molecular complexity index is 1640. The van der Waals surface area contributed by atoms with Crippen molar-refractivity contribution in [3.8, 4) is 33.4 Å². The van der Waals surface area contributed by atoms with Crippen LogP contribution in [0.4, 0.5) is 20.2 Å². The molecular formula is C34H27F2N. The Balaban J connectivity index is 1.57. The van der Waals surface area contributed by atoms with E-state index in [0.29, 0.717) is 16.9 Å². The normalized spacial score (nSPS) is 13.2. The van der Waals surface area contributed by atoms with E-state index >= 15 is 4.39 Å². The first kappa shape index (κ1) is 23.2. The van der Waals surface area contributed by atoms with Gasteiger partial charge < -0.3 is 4.90 Å². The number of nitrogens with zero attached hydrogens (tertiary/aromatic N) is 1. The maximum absolute atomic E-state index is 16.4. The fourth-order valence-electron chi connectivity index (χ4n) is 5.68. The summed E-state index contributed by atoms with van der Waals surface area (Å²) in [5, 5.41) is 0. The molecule has 1 aliphatic carbocycles. The van der Waals surface area contributed by atoms with Gasteiger partial charge in [0.15, 0.2) is 5.82 Å². The predicted octanol–water partition coefficient (Wildman–Crippen LogP) is 9.37. The Hall–Kier alpha value is -4.24. The van der Waals surface area contributed by atoms with Crippen molar-refractivity contribution in [2.24, 2.45) is 0 Å². The zero-order valence-corrected chi connectivity index (χ0v) is 21.1. The van der Waals surface area contributed by atoms with Gasteiger partial charge in [-0.05, 0) is 51.6 Å². The Morgan fingerprint density at radius 2 is 1.19 bits per heavy atom. The quantitative estimate of drug-likeness (QED) is 0.244. The minimum Gasteiger partial charge on any atom is -0.339 e. The van der Waals surface area contributed by atoms with Crippen LogP contribution in [-0.4, -0.2) is 7.05 Å². The van der Waals surface area contributed by atoms with Gasteiger partial charge in [-0.3, -0.25) is 0 Å². The average Bonchev–Trinajstić information content (AvgIpc) is 3.15. The molecule has 0 spiro atoms. The second kappa shape index (κ2) is 8.70. The van der Waals surface area contributed by atoms with Crippen molar-refractivity contribution in [1.29, 1.82) is 0 Å². The molecule has 6 rings (SSSR count). The van der Waals surface area contributed by atoms with Crippen LogP contribution < -0.4 is 4.90 Å². The number of hydrogen-bond donors (Lipinski definition) is 0. The molecule has 0 heterocycles. The van der Waals surface area contributed by atoms with Crippen LogP contribution in [0.5, 0.6) is 0 Å². The fraction of sp³-hybridized carbons (Fsp3) is 0.118. The lowest BCUT2D eigenvalue weighted by molar-refractivity contribution is 0.619. The first-order valence-electron chi connectivity index (χ1n) is 12.5. The zero-order chi connectivity index (χ0) is 25.7. The zero-order valence-electron chi connectivity index (χ0n) is 21.1. The maximum Gasteiger partial charge on any atom is 0.155 e. The van der Waals surface area contributed by atoms with Crippen LogP contribution in [0, 0.1) is 11.6 Å². The lowest BCUT2D eigenvalue weighted by Crippen LogP contribution is -2.16. The molecule has 0 fully saturated rings. The molecule has 0 unspecified atom stereocenters. The third-order valence-corrected chi connectivity index (χ3v) is 7.64. The summed E-state index contributed by atoms with van der Waals surface area (Å²) in [7, 11) is 1.72. The molecule has 0 saturated heterocycles. The van der Waals surface area contributed by atoms with E-state index in [1.165, 1.54) is 28.3 Å². The lowest BCUT2D eigenvalue weighted by Gasteiger charge is -2.26. The second-order valence-corrected chi connectivity index (χ2v) is 10.1. The van der Waals surface area contributed by atoms with Gasteiger partial charge in [0.1, 0.15) is 5.82 Å². The average molecular weight is 488 g/mol. The first-order valence-corrected chi connectivity index (χ1v) is 12.5. The lowest BCUT2D eigenvalue weighted by atomic mass is 9.81. The molecule has 5 aromatic rings. The molecule has 182 valence electrons. The molecule has 5 aromatic carbocycles. The Morgan fingerprint density at radius 1 is 0.568 bits per heavy atom. The molecule has 0 N–H and O–H groups in total. The van der Waals surface area contributed by atoms with Gasteiger partial charge >= 0.3 is 0 Å². The summed E-state index contributed by atoms with van der Waals surface area (Å²) in [5.41, 5.74) is 8.31. The molecule has 1 nitrogen and oxygen atoms in total. The molecule has 0 saturated carbocycles. The van der Waals surface area contributed by atoms with E-state index in [1.807, 2.05) is 48.5 Å². The highest BCUT2D eigenvalue weighted by molar-refractivity contribution is 5.90. The molecule has 0 amide bonds. The predicted molar refractivity (Wildman–Crippen MR) is 149 cm³/mol. The van der Waals surface area contributed by atoms with Crippen molar-refractivity contribution in [3.63, 3.8) is 0 Å². The molecular weight excluding hydrogens is 460 g/mol. The Kier molecular flexibility index (Phi) is 5.45. The highest BCUT2D eigenvalue weighted by atomic mass is 19.1. The van der Waals surface area contributed by atoms with Crippen molar-refractivity contribution in [1.82, 2.24) is 0 Å². The van der Waals surface area contributed by atoms with Crippen molar-refractivity contribution < 1.29 is 8.78 Å². The molecule has 0 aliphatic heterocycles. The Labute approximate surface area is 216 Å². The van der Waals surface area contributed by atoms with Crippen LogP contribution in [-0.2, 0) is 5.41 Å². The highest BCUT2D eigenvalue weighted by Crippen LogP contribution is 2.50. The van der Waals surface area contributed by atoms with Crippen molar-refractivity contribution >= 4 is 11.4 Å². The van der Waals surface area contributed by atoms with Gasteiger partial charge in [-0.15, -0.1) is 0 Å². The second-order valence-electron chi connectivity index (χ2n) is 10.1. The summed E-state index contributed by atoms with van der Waals surface area (Å²) in [5.74, 6) is -0.775. The molecule has 0 atom stereocenters. The monoisotopic (exact) mass is 487 g/mol. The van der Waals surface area contributed by atoms with Crippen LogP contribution >= 0.6 is 0 Å². The van der Waals surface area contributed by atoms with Gasteiger partial charge in [0.25, 0.3) is 0 Å². The summed E-state index contributed by atoms with van der Waals surface area (Å²) >= 11 is 0. The molecule has 0 aromatic heterocycles. The van der Waals surface area contributed by atoms with Crippen LogP contribution in [0.2, 0.25) is 0 Å². The van der Waals surface area contributed by atoms with E-state index < -0.39 is 5.82 Å². The number of rotatable bonds is 4. The van der Waals surface area contributed by atoms with Gasteiger partial charge in [0.05, 0.1) is 11.4 Å². The van der Waals surface area contributed by atoms with Crippen LogP contribution in [0.25, 0.3) is 33.4 Å². The molecule has 0 radical (unpaired) electrons. The minimum absolute atomic E-state index is 0.179. The van der Waals surface area contributed by atoms with Gasteiger partial charge in [-0.2, -0.15) is 0 Å². The van der Waals surface area contributed by atoms with Gasteiger partial charge in [-0.1, -0.05) is 105 Å². The summed E-state index contributed by atoms with van der Waals surface area (Å²) in [6.07, 6.45) is 0. The van der Waals surface area contributed by atoms with Gasteiger partial charge in [0.2, 0.25) is 0 Å². The summed E-state index contributed by atoms with van der Waals surface area (Å²) in [6.45, 7) is 4.46. The smallest absolute Gasteiger partial charge is 0.155 e. The van der Waals surface area contributed by atoms with Crippen molar-refractivity contribution in [3.05, 3.63) is 132 Å². The molecule has 0 bridgehead atoms. The van der Waals surface area contributed by atoms with E-state index in [-0.39, 0.29) is 11.2 Å². The minimum atomic E-state index is -0.397. The van der Waals surface area contributed by atoms with Crippen LogP contribution in [0.15, 0.2) is 109 Å². The van der Waals surface area contributed by atoms with E-state index in [2.05, 4.69) is 50.2 Å². The van der Waals surface area contributed by atoms with Gasteiger partial charge in [0, 0.05) is 23.6 Å². The van der Waals surface area contributed by atoms with E-state index in [4.69, 9.17) is 0 Å². The molecule has 1 aliphatic rings. The van der Waals surface area contributed by atoms with Crippen molar-refractivity contribution in [2.45, 2.75) is 19.3 Å². The standard InChI is InChI=1S/C34H27F2N/c1-34(2)28-14-8-7-13-26(28)27-18-17-23(21-29(27)34)25-20-19-24(22-11-5-4-6-12-22)32(36)33(25)37(3)31-16-10-9-15-30(31)35/h4-21H,1-3H3. The summed E-state index contributed by atoms with van der Waals surface area (Å²) < 4.78 is 31.3. The third kappa shape index (κ3) is 3.65. The first-order chi connectivity index (χ1) is 17.9.